The maximum Gasteiger partial charge on any atom is 0.341 e. The molecular weight excluding hydrogens is 367 g/mol. The molecule has 3 rings (SSSR count). The van der Waals surface area contributed by atoms with Gasteiger partial charge in [0.05, 0.1) is 5.39 Å². The Balaban J connectivity index is 0.00000169. The van der Waals surface area contributed by atoms with Gasteiger partial charge >= 0.3 is 5.97 Å². The molecule has 0 bridgehead atoms. The van der Waals surface area contributed by atoms with Crippen molar-refractivity contribution in [1.29, 1.82) is 0 Å². The summed E-state index contributed by atoms with van der Waals surface area (Å²) in [7, 11) is 0. The van der Waals surface area contributed by atoms with Crippen molar-refractivity contribution in [2.24, 2.45) is 5.73 Å². The highest BCUT2D eigenvalue weighted by Gasteiger charge is 2.27. The number of hydrogen-bond acceptors (Lipinski definition) is 5. The monoisotopic (exact) mass is 388 g/mol. The van der Waals surface area contributed by atoms with E-state index < -0.39 is 17.2 Å². The second kappa shape index (κ2) is 7.98. The van der Waals surface area contributed by atoms with Crippen molar-refractivity contribution in [3.05, 3.63) is 33.4 Å². The third-order valence-corrected chi connectivity index (χ3v) is 4.46. The number of hydrogen-bond donors (Lipinski definition) is 2. The van der Waals surface area contributed by atoms with E-state index >= 15 is 0 Å². The molecule has 1 saturated heterocycles. The predicted molar refractivity (Wildman–Crippen MR) is 99.0 cm³/mol. The van der Waals surface area contributed by atoms with Crippen molar-refractivity contribution in [2.45, 2.75) is 32.9 Å². The average molecular weight is 389 g/mol. The van der Waals surface area contributed by atoms with Crippen molar-refractivity contribution in [3.8, 4) is 0 Å². The van der Waals surface area contributed by atoms with E-state index in [-0.39, 0.29) is 46.3 Å². The number of carboxylic acids is 1. The van der Waals surface area contributed by atoms with Gasteiger partial charge in [-0.25, -0.2) is 14.2 Å². The zero-order chi connectivity index (χ0) is 17.6. The van der Waals surface area contributed by atoms with Gasteiger partial charge in [0.2, 0.25) is 5.43 Å². The van der Waals surface area contributed by atoms with Crippen molar-refractivity contribution >= 4 is 35.2 Å². The molecule has 3 heterocycles. The minimum absolute atomic E-state index is 0. The number of fused-ring (bicyclic) bond motifs is 1. The summed E-state index contributed by atoms with van der Waals surface area (Å²) in [5.41, 5.74) is 5.20. The first kappa shape index (κ1) is 21.8. The standard InChI is InChI=1S/C16H19FN4O3.ClH.H2O/c1-3-20-7-10(16(23)24)13(22)11-8(2)12(17)15(19-14(11)20)21-5-4-9(18)6-21;;/h7,9H,3-6,18H2,1-2H3,(H,23,24);1H;1H2/t9-;;/m0../s1. The molecule has 0 unspecified atom stereocenters. The second-order valence-corrected chi connectivity index (χ2v) is 6.03. The van der Waals surface area contributed by atoms with Gasteiger partial charge < -0.3 is 25.8 Å². The lowest BCUT2D eigenvalue weighted by atomic mass is 10.1. The summed E-state index contributed by atoms with van der Waals surface area (Å²) in [4.78, 5) is 29.9. The fourth-order valence-electron chi connectivity index (χ4n) is 3.12. The number of aromatic carboxylic acids is 1. The Hall–Kier alpha value is -2.23. The van der Waals surface area contributed by atoms with Gasteiger partial charge in [-0.3, -0.25) is 4.79 Å². The van der Waals surface area contributed by atoms with Crippen LogP contribution in [0.3, 0.4) is 0 Å². The van der Waals surface area contributed by atoms with E-state index in [1.54, 1.807) is 16.4 Å². The Morgan fingerprint density at radius 3 is 2.65 bits per heavy atom. The first-order chi connectivity index (χ1) is 11.3. The highest BCUT2D eigenvalue weighted by Crippen LogP contribution is 2.27. The fourth-order valence-corrected chi connectivity index (χ4v) is 3.12. The Morgan fingerprint density at radius 1 is 1.50 bits per heavy atom. The first-order valence-corrected chi connectivity index (χ1v) is 7.82. The minimum atomic E-state index is -1.33. The van der Waals surface area contributed by atoms with Gasteiger partial charge in [-0.2, -0.15) is 0 Å². The Labute approximate surface area is 155 Å². The lowest BCUT2D eigenvalue weighted by Gasteiger charge is -2.20. The van der Waals surface area contributed by atoms with Crippen LogP contribution in [0.5, 0.6) is 0 Å². The molecule has 0 spiro atoms. The third kappa shape index (κ3) is 3.37. The van der Waals surface area contributed by atoms with Crippen LogP contribution in [0, 0.1) is 12.7 Å². The molecule has 1 aliphatic heterocycles. The quantitative estimate of drug-likeness (QED) is 0.794. The zero-order valence-corrected chi connectivity index (χ0v) is 15.3. The average Bonchev–Trinajstić information content (AvgIpc) is 2.96. The summed E-state index contributed by atoms with van der Waals surface area (Å²) in [6.45, 7) is 4.79. The molecule has 10 heteroatoms. The molecule has 0 aromatic carbocycles. The summed E-state index contributed by atoms with van der Waals surface area (Å²) in [5.74, 6) is -1.77. The van der Waals surface area contributed by atoms with Crippen molar-refractivity contribution in [1.82, 2.24) is 9.55 Å². The SMILES string of the molecule is CCn1cc(C(=O)O)c(=O)c2c(C)c(F)c(N3CC[C@H](N)C3)nc21.Cl.O. The van der Waals surface area contributed by atoms with Gasteiger partial charge in [-0.05, 0) is 20.3 Å². The molecule has 1 atom stereocenters. The van der Waals surface area contributed by atoms with Crippen molar-refractivity contribution in [3.63, 3.8) is 0 Å². The molecule has 0 amide bonds. The number of carboxylic acid groups (broad SMARTS) is 1. The van der Waals surface area contributed by atoms with Crippen LogP contribution in [-0.4, -0.2) is 45.2 Å². The number of pyridine rings is 2. The molecule has 1 aliphatic rings. The highest BCUT2D eigenvalue weighted by atomic mass is 35.5. The van der Waals surface area contributed by atoms with Crippen LogP contribution in [0.4, 0.5) is 10.2 Å². The van der Waals surface area contributed by atoms with E-state index in [1.165, 1.54) is 13.1 Å². The van der Waals surface area contributed by atoms with E-state index in [0.717, 1.165) is 6.42 Å². The molecule has 0 aliphatic carbocycles. The molecule has 2 aromatic heterocycles. The van der Waals surface area contributed by atoms with E-state index in [2.05, 4.69) is 4.98 Å². The Kier molecular flexibility index (Phi) is 6.70. The summed E-state index contributed by atoms with van der Waals surface area (Å²) in [6, 6.07) is -0.0371. The van der Waals surface area contributed by atoms with E-state index in [9.17, 15) is 19.1 Å². The predicted octanol–water partition coefficient (Wildman–Crippen LogP) is 0.697. The Morgan fingerprint density at radius 2 is 2.15 bits per heavy atom. The first-order valence-electron chi connectivity index (χ1n) is 7.82. The summed E-state index contributed by atoms with van der Waals surface area (Å²) in [5, 5.41) is 9.23. The van der Waals surface area contributed by atoms with Crippen molar-refractivity contribution < 1.29 is 19.8 Å². The fraction of sp³-hybridized carbons (Fsp3) is 0.438. The van der Waals surface area contributed by atoms with Crippen LogP contribution in [0.2, 0.25) is 0 Å². The van der Waals surface area contributed by atoms with Crippen LogP contribution in [-0.2, 0) is 6.54 Å². The summed E-state index contributed by atoms with van der Waals surface area (Å²) >= 11 is 0. The normalized spacial score (nSPS) is 16.3. The zero-order valence-electron chi connectivity index (χ0n) is 14.5. The van der Waals surface area contributed by atoms with Gasteiger partial charge in [0, 0.05) is 37.4 Å². The van der Waals surface area contributed by atoms with Crippen LogP contribution in [0.25, 0.3) is 11.0 Å². The number of carbonyl (C=O) groups is 1. The number of aromatic nitrogens is 2. The maximum absolute atomic E-state index is 14.8. The molecule has 26 heavy (non-hydrogen) atoms. The molecule has 5 N–H and O–H groups in total. The van der Waals surface area contributed by atoms with Gasteiger partial charge in [0.15, 0.2) is 11.6 Å². The maximum atomic E-state index is 14.8. The molecule has 8 nitrogen and oxygen atoms in total. The third-order valence-electron chi connectivity index (χ3n) is 4.46. The number of nitrogens with two attached hydrogens (primary N) is 1. The van der Waals surface area contributed by atoms with Gasteiger partial charge in [0.25, 0.3) is 0 Å². The summed E-state index contributed by atoms with van der Waals surface area (Å²) < 4.78 is 16.4. The van der Waals surface area contributed by atoms with E-state index in [0.29, 0.717) is 25.3 Å². The van der Waals surface area contributed by atoms with E-state index in [4.69, 9.17) is 5.73 Å². The lowest BCUT2D eigenvalue weighted by Crippen LogP contribution is -2.28. The van der Waals surface area contributed by atoms with Crippen LogP contribution in [0.1, 0.15) is 29.3 Å². The number of nitrogens with zero attached hydrogens (tertiary/aromatic N) is 3. The molecule has 144 valence electrons. The minimum Gasteiger partial charge on any atom is -0.477 e. The topological polar surface area (TPSA) is 133 Å². The number of halogens is 2. The second-order valence-electron chi connectivity index (χ2n) is 6.03. The van der Waals surface area contributed by atoms with Crippen molar-refractivity contribution in [2.75, 3.05) is 18.0 Å². The summed E-state index contributed by atoms with van der Waals surface area (Å²) in [6.07, 6.45) is 2.01. The smallest absolute Gasteiger partial charge is 0.341 e. The van der Waals surface area contributed by atoms with Gasteiger partial charge in [-0.15, -0.1) is 12.4 Å². The lowest BCUT2D eigenvalue weighted by molar-refractivity contribution is 0.0695. The molecule has 1 fully saturated rings. The van der Waals surface area contributed by atoms with Crippen LogP contribution < -0.4 is 16.1 Å². The number of aryl methyl sites for hydroxylation is 2. The molecular formula is C16H22ClFN4O4. The highest BCUT2D eigenvalue weighted by molar-refractivity contribution is 5.93. The van der Waals surface area contributed by atoms with E-state index in [1.807, 2.05) is 0 Å². The molecule has 0 radical (unpaired) electrons. The van der Waals surface area contributed by atoms with Crippen LogP contribution in [0.15, 0.2) is 11.0 Å². The Bertz CT molecular complexity index is 902. The van der Waals surface area contributed by atoms with Crippen LogP contribution >= 0.6 is 12.4 Å². The number of rotatable bonds is 3. The molecule has 0 saturated carbocycles. The largest absolute Gasteiger partial charge is 0.477 e. The number of anilines is 1. The van der Waals surface area contributed by atoms with Gasteiger partial charge in [-0.1, -0.05) is 0 Å². The molecule has 2 aromatic rings. The van der Waals surface area contributed by atoms with Gasteiger partial charge in [0.1, 0.15) is 11.2 Å².